The Morgan fingerprint density at radius 2 is 2.07 bits per heavy atom. The summed E-state index contributed by atoms with van der Waals surface area (Å²) < 4.78 is 0. The lowest BCUT2D eigenvalue weighted by molar-refractivity contribution is 0.870. The highest BCUT2D eigenvalue weighted by atomic mass is 35.5. The van der Waals surface area contributed by atoms with Crippen molar-refractivity contribution in [2.45, 2.75) is 13.0 Å². The Morgan fingerprint density at radius 1 is 1.18 bits per heavy atom. The zero-order valence-corrected chi connectivity index (χ0v) is 17.1. The van der Waals surface area contributed by atoms with Crippen LogP contribution in [-0.2, 0) is 0 Å². The van der Waals surface area contributed by atoms with Gasteiger partial charge < -0.3 is 15.6 Å². The molecule has 0 spiro atoms. The third-order valence-corrected chi connectivity index (χ3v) is 5.38. The first-order valence-electron chi connectivity index (χ1n) is 8.90. The Hall–Kier alpha value is -2.58. The number of imidazole rings is 1. The van der Waals surface area contributed by atoms with Crippen molar-refractivity contribution in [1.82, 2.24) is 24.9 Å². The monoisotopic (exact) mass is 413 g/mol. The number of pyridine rings is 1. The standard InChI is InChI=1S/C19H20ClN7S/c1-11(26-19-16-18(23-9-22-16)24-10-25-19)13-8-12-4-3-5-14(20)15(12)27-17(13)21-6-7-28-2/h3-5,8-11H,6-7H2,1-2H3,(H,21,27)(H2,22,23,24,25,26)/t11-/m0/s1. The molecule has 7 nitrogen and oxygen atoms in total. The van der Waals surface area contributed by atoms with Gasteiger partial charge in [0.1, 0.15) is 17.7 Å². The Morgan fingerprint density at radius 3 is 2.93 bits per heavy atom. The molecule has 0 amide bonds. The van der Waals surface area contributed by atoms with E-state index < -0.39 is 0 Å². The first kappa shape index (κ1) is 18.8. The minimum Gasteiger partial charge on any atom is -0.369 e. The molecule has 3 heterocycles. The number of aromatic amines is 1. The second kappa shape index (κ2) is 8.20. The van der Waals surface area contributed by atoms with E-state index in [0.717, 1.165) is 34.6 Å². The molecule has 4 aromatic rings. The molecule has 0 aliphatic heterocycles. The molecule has 1 atom stereocenters. The van der Waals surface area contributed by atoms with Crippen LogP contribution in [0.15, 0.2) is 36.9 Å². The minimum absolute atomic E-state index is 0.0533. The lowest BCUT2D eigenvalue weighted by Crippen LogP contribution is -2.14. The van der Waals surface area contributed by atoms with E-state index in [9.17, 15) is 0 Å². The molecule has 3 aromatic heterocycles. The summed E-state index contributed by atoms with van der Waals surface area (Å²) in [6, 6.07) is 7.89. The molecule has 144 valence electrons. The van der Waals surface area contributed by atoms with Gasteiger partial charge in [-0.05, 0) is 25.3 Å². The van der Waals surface area contributed by atoms with Crippen molar-refractivity contribution >= 4 is 57.1 Å². The quantitative estimate of drug-likeness (QED) is 0.384. The highest BCUT2D eigenvalue weighted by Gasteiger charge is 2.17. The van der Waals surface area contributed by atoms with Gasteiger partial charge in [-0.15, -0.1) is 0 Å². The third kappa shape index (κ3) is 3.70. The van der Waals surface area contributed by atoms with E-state index in [1.807, 2.05) is 18.2 Å². The van der Waals surface area contributed by atoms with Gasteiger partial charge in [-0.1, -0.05) is 23.7 Å². The van der Waals surface area contributed by atoms with Gasteiger partial charge in [0, 0.05) is 23.2 Å². The number of benzene rings is 1. The smallest absolute Gasteiger partial charge is 0.162 e. The molecular formula is C19H20ClN7S. The van der Waals surface area contributed by atoms with Crippen LogP contribution in [0.1, 0.15) is 18.5 Å². The highest BCUT2D eigenvalue weighted by molar-refractivity contribution is 7.98. The summed E-state index contributed by atoms with van der Waals surface area (Å²) in [4.78, 5) is 20.7. The van der Waals surface area contributed by atoms with Crippen molar-refractivity contribution in [2.24, 2.45) is 0 Å². The number of hydrogen-bond acceptors (Lipinski definition) is 7. The van der Waals surface area contributed by atoms with Crippen LogP contribution in [0.4, 0.5) is 11.6 Å². The van der Waals surface area contributed by atoms with Gasteiger partial charge in [0.15, 0.2) is 11.5 Å². The highest BCUT2D eigenvalue weighted by Crippen LogP contribution is 2.31. The van der Waals surface area contributed by atoms with E-state index in [0.29, 0.717) is 22.0 Å². The van der Waals surface area contributed by atoms with Crippen molar-refractivity contribution in [1.29, 1.82) is 0 Å². The van der Waals surface area contributed by atoms with E-state index in [1.165, 1.54) is 6.33 Å². The minimum atomic E-state index is -0.0533. The summed E-state index contributed by atoms with van der Waals surface area (Å²) in [5.41, 5.74) is 3.25. The fraction of sp³-hybridized carbons (Fsp3) is 0.263. The Kier molecular flexibility index (Phi) is 5.50. The summed E-state index contributed by atoms with van der Waals surface area (Å²) >= 11 is 8.15. The molecule has 0 saturated carbocycles. The largest absolute Gasteiger partial charge is 0.369 e. The predicted molar refractivity (Wildman–Crippen MR) is 117 cm³/mol. The maximum absolute atomic E-state index is 6.37. The van der Waals surface area contributed by atoms with Crippen LogP contribution in [0.3, 0.4) is 0 Å². The number of thioether (sulfide) groups is 1. The van der Waals surface area contributed by atoms with Crippen LogP contribution >= 0.6 is 23.4 Å². The number of anilines is 2. The molecule has 9 heteroatoms. The van der Waals surface area contributed by atoms with E-state index in [2.05, 4.69) is 49.8 Å². The zero-order chi connectivity index (χ0) is 19.5. The van der Waals surface area contributed by atoms with Gasteiger partial charge in [0.2, 0.25) is 0 Å². The lowest BCUT2D eigenvalue weighted by atomic mass is 10.1. The van der Waals surface area contributed by atoms with Crippen molar-refractivity contribution in [3.8, 4) is 0 Å². The number of halogens is 1. The van der Waals surface area contributed by atoms with E-state index in [1.54, 1.807) is 18.1 Å². The van der Waals surface area contributed by atoms with Gasteiger partial charge in [-0.3, -0.25) is 0 Å². The van der Waals surface area contributed by atoms with Gasteiger partial charge in [-0.2, -0.15) is 11.8 Å². The first-order chi connectivity index (χ1) is 13.7. The number of nitrogens with zero attached hydrogens (tertiary/aromatic N) is 4. The van der Waals surface area contributed by atoms with E-state index in [4.69, 9.17) is 16.6 Å². The normalized spacial score (nSPS) is 12.4. The van der Waals surface area contributed by atoms with Crippen molar-refractivity contribution in [2.75, 3.05) is 29.2 Å². The van der Waals surface area contributed by atoms with Gasteiger partial charge in [-0.25, -0.2) is 19.9 Å². The second-order valence-electron chi connectivity index (χ2n) is 6.35. The van der Waals surface area contributed by atoms with Gasteiger partial charge in [0.05, 0.1) is 22.9 Å². The fourth-order valence-corrected chi connectivity index (χ4v) is 3.61. The van der Waals surface area contributed by atoms with Crippen LogP contribution in [0.2, 0.25) is 5.02 Å². The molecule has 0 unspecified atom stereocenters. The molecule has 28 heavy (non-hydrogen) atoms. The third-order valence-electron chi connectivity index (χ3n) is 4.46. The van der Waals surface area contributed by atoms with Crippen molar-refractivity contribution in [3.05, 3.63) is 47.5 Å². The average molecular weight is 414 g/mol. The molecule has 0 saturated heterocycles. The van der Waals surface area contributed by atoms with Crippen LogP contribution < -0.4 is 10.6 Å². The second-order valence-corrected chi connectivity index (χ2v) is 7.74. The van der Waals surface area contributed by atoms with Crippen LogP contribution in [0.5, 0.6) is 0 Å². The molecular weight excluding hydrogens is 394 g/mol. The van der Waals surface area contributed by atoms with Crippen molar-refractivity contribution in [3.63, 3.8) is 0 Å². The summed E-state index contributed by atoms with van der Waals surface area (Å²) in [5, 5.41) is 8.54. The van der Waals surface area contributed by atoms with Crippen LogP contribution in [0, 0.1) is 0 Å². The summed E-state index contributed by atoms with van der Waals surface area (Å²) in [7, 11) is 0. The molecule has 0 aliphatic carbocycles. The number of para-hydroxylation sites is 1. The van der Waals surface area contributed by atoms with Crippen LogP contribution in [-0.4, -0.2) is 43.5 Å². The van der Waals surface area contributed by atoms with Crippen molar-refractivity contribution < 1.29 is 0 Å². The SMILES string of the molecule is CSCCNc1nc2c(Cl)cccc2cc1[C@H](C)Nc1ncnc2[nH]cnc12. The van der Waals surface area contributed by atoms with E-state index >= 15 is 0 Å². The van der Waals surface area contributed by atoms with Gasteiger partial charge in [0.25, 0.3) is 0 Å². The lowest BCUT2D eigenvalue weighted by Gasteiger charge is -2.20. The first-order valence-corrected chi connectivity index (χ1v) is 10.7. The molecule has 0 aliphatic rings. The zero-order valence-electron chi connectivity index (χ0n) is 15.5. The number of nitrogens with one attached hydrogen (secondary N) is 3. The topological polar surface area (TPSA) is 91.4 Å². The Balaban J connectivity index is 1.72. The summed E-state index contributed by atoms with van der Waals surface area (Å²) in [6.45, 7) is 2.90. The maximum Gasteiger partial charge on any atom is 0.162 e. The number of aromatic nitrogens is 5. The maximum atomic E-state index is 6.37. The fourth-order valence-electron chi connectivity index (χ4n) is 3.07. The molecule has 0 bridgehead atoms. The predicted octanol–water partition coefficient (Wildman–Crippen LogP) is 4.50. The number of hydrogen-bond donors (Lipinski definition) is 3. The molecule has 0 fully saturated rings. The molecule has 3 N–H and O–H groups in total. The molecule has 4 rings (SSSR count). The van der Waals surface area contributed by atoms with Gasteiger partial charge >= 0.3 is 0 Å². The number of H-pyrrole nitrogens is 1. The van der Waals surface area contributed by atoms with E-state index in [-0.39, 0.29) is 6.04 Å². The summed E-state index contributed by atoms with van der Waals surface area (Å²) in [5.74, 6) is 2.49. The Bertz CT molecular complexity index is 1110. The van der Waals surface area contributed by atoms with Crippen LogP contribution in [0.25, 0.3) is 22.1 Å². The average Bonchev–Trinajstić information content (AvgIpc) is 3.18. The molecule has 1 aromatic carbocycles. The molecule has 0 radical (unpaired) electrons. The Labute approximate surface area is 171 Å². The summed E-state index contributed by atoms with van der Waals surface area (Å²) in [6.07, 6.45) is 5.22. The number of rotatable bonds is 7. The number of fused-ring (bicyclic) bond motifs is 2.